The maximum absolute atomic E-state index is 12.4. The zero-order chi connectivity index (χ0) is 15.7. The van der Waals surface area contributed by atoms with Gasteiger partial charge in [0.25, 0.3) is 0 Å². The maximum Gasteiger partial charge on any atom is 0.222 e. The molecule has 4 fully saturated rings. The van der Waals surface area contributed by atoms with Crippen molar-refractivity contribution in [3.8, 4) is 0 Å². The van der Waals surface area contributed by atoms with Crippen LogP contribution in [0.3, 0.4) is 0 Å². The number of hydrogen-bond acceptors (Lipinski definition) is 2. The van der Waals surface area contributed by atoms with E-state index < -0.39 is 0 Å². The van der Waals surface area contributed by atoms with Gasteiger partial charge in [-0.25, -0.2) is 0 Å². The lowest BCUT2D eigenvalue weighted by Gasteiger charge is -2.61. The van der Waals surface area contributed by atoms with Crippen molar-refractivity contribution in [1.29, 1.82) is 0 Å². The lowest BCUT2D eigenvalue weighted by atomic mass is 9.47. The van der Waals surface area contributed by atoms with Crippen molar-refractivity contribution < 1.29 is 9.59 Å². The molecule has 22 heavy (non-hydrogen) atoms. The molecule has 1 aliphatic heterocycles. The molecular weight excluding hydrogens is 274 g/mol. The van der Waals surface area contributed by atoms with Crippen LogP contribution in [0.15, 0.2) is 0 Å². The highest BCUT2D eigenvalue weighted by atomic mass is 16.2. The summed E-state index contributed by atoms with van der Waals surface area (Å²) < 4.78 is 0. The molecule has 0 aromatic heterocycles. The summed E-state index contributed by atoms with van der Waals surface area (Å²) in [4.78, 5) is 26.6. The highest BCUT2D eigenvalue weighted by Gasteiger charge is 2.61. The van der Waals surface area contributed by atoms with E-state index in [4.69, 9.17) is 0 Å². The van der Waals surface area contributed by atoms with Crippen molar-refractivity contribution >= 4 is 11.7 Å². The summed E-state index contributed by atoms with van der Waals surface area (Å²) >= 11 is 0. The molecule has 0 aromatic rings. The van der Waals surface area contributed by atoms with Crippen LogP contribution in [0.1, 0.15) is 65.2 Å². The lowest BCUT2D eigenvalue weighted by molar-refractivity contribution is -0.158. The van der Waals surface area contributed by atoms with E-state index in [1.54, 1.807) is 0 Å². The molecule has 1 saturated heterocycles. The molecule has 0 spiro atoms. The molecule has 6 atom stereocenters. The van der Waals surface area contributed by atoms with Gasteiger partial charge in [-0.1, -0.05) is 13.8 Å². The topological polar surface area (TPSA) is 37.4 Å². The third-order valence-electron chi connectivity index (χ3n) is 8.27. The number of ketones is 1. The molecule has 4 rings (SSSR count). The number of nitrogens with zero attached hydrogens (tertiary/aromatic N) is 1. The van der Waals surface area contributed by atoms with Crippen LogP contribution in [0.4, 0.5) is 0 Å². The Morgan fingerprint density at radius 2 is 1.73 bits per heavy atom. The third-order valence-corrected chi connectivity index (χ3v) is 8.27. The first kappa shape index (κ1) is 14.7. The molecule has 3 saturated carbocycles. The Balaban J connectivity index is 1.67. The summed E-state index contributed by atoms with van der Waals surface area (Å²) in [7, 11) is 2.01. The highest BCUT2D eigenvalue weighted by Crippen LogP contribution is 2.63. The molecule has 0 bridgehead atoms. The normalized spacial score (nSPS) is 51.3. The van der Waals surface area contributed by atoms with Gasteiger partial charge in [0.2, 0.25) is 5.91 Å². The second-order valence-corrected chi connectivity index (χ2v) is 8.90. The van der Waals surface area contributed by atoms with E-state index in [9.17, 15) is 9.59 Å². The largest absolute Gasteiger partial charge is 0.342 e. The second kappa shape index (κ2) is 4.58. The number of rotatable bonds is 0. The number of amides is 1. The SMILES string of the molecule is CN1C(=O)CCC2(C)C3CCC4(C)C(=O)CCC4C3CC[C@@H]12. The lowest BCUT2D eigenvalue weighted by Crippen LogP contribution is -2.61. The van der Waals surface area contributed by atoms with Gasteiger partial charge in [-0.2, -0.15) is 0 Å². The van der Waals surface area contributed by atoms with Crippen LogP contribution in [0.2, 0.25) is 0 Å². The third kappa shape index (κ3) is 1.68. The molecule has 5 unspecified atom stereocenters. The summed E-state index contributed by atoms with van der Waals surface area (Å²) in [5.74, 6) is 2.90. The fourth-order valence-electron chi connectivity index (χ4n) is 6.92. The van der Waals surface area contributed by atoms with Crippen LogP contribution in [0, 0.1) is 28.6 Å². The summed E-state index contributed by atoms with van der Waals surface area (Å²) in [6.45, 7) is 4.69. The molecule has 0 N–H and O–H groups in total. The Hall–Kier alpha value is -0.860. The molecule has 3 nitrogen and oxygen atoms in total. The van der Waals surface area contributed by atoms with Gasteiger partial charge in [0, 0.05) is 31.3 Å². The highest BCUT2D eigenvalue weighted by molar-refractivity contribution is 5.87. The Morgan fingerprint density at radius 3 is 2.50 bits per heavy atom. The molecule has 4 aliphatic rings. The predicted molar refractivity (Wildman–Crippen MR) is 85.2 cm³/mol. The fourth-order valence-corrected chi connectivity index (χ4v) is 6.92. The van der Waals surface area contributed by atoms with E-state index >= 15 is 0 Å². The van der Waals surface area contributed by atoms with Gasteiger partial charge < -0.3 is 4.90 Å². The first-order valence-electron chi connectivity index (χ1n) is 9.17. The Labute approximate surface area is 133 Å². The standard InChI is InChI=1S/C19H29NO2/c1-18-11-9-17(22)20(3)15(18)6-4-12-13-5-7-16(21)19(13,2)10-8-14(12)18/h12-15H,4-11H2,1-3H3/t12?,13?,14?,15-,18?,19?/m1/s1. The summed E-state index contributed by atoms with van der Waals surface area (Å²) in [5.41, 5.74) is 0.249. The van der Waals surface area contributed by atoms with E-state index in [-0.39, 0.29) is 10.8 Å². The number of carbonyl (C=O) groups is 2. The van der Waals surface area contributed by atoms with Crippen LogP contribution >= 0.6 is 0 Å². The van der Waals surface area contributed by atoms with Crippen LogP contribution in [-0.4, -0.2) is 29.7 Å². The van der Waals surface area contributed by atoms with Crippen LogP contribution < -0.4 is 0 Å². The van der Waals surface area contributed by atoms with Gasteiger partial charge in [-0.15, -0.1) is 0 Å². The van der Waals surface area contributed by atoms with Gasteiger partial charge in [-0.3, -0.25) is 9.59 Å². The molecule has 122 valence electrons. The molecule has 3 heteroatoms. The average molecular weight is 303 g/mol. The molecule has 0 aromatic carbocycles. The number of carbonyl (C=O) groups excluding carboxylic acids is 2. The van der Waals surface area contributed by atoms with Crippen LogP contribution in [0.5, 0.6) is 0 Å². The molecule has 0 radical (unpaired) electrons. The monoisotopic (exact) mass is 303 g/mol. The quantitative estimate of drug-likeness (QED) is 0.687. The van der Waals surface area contributed by atoms with E-state index in [0.29, 0.717) is 41.9 Å². The number of likely N-dealkylation sites (tertiary alicyclic amines) is 1. The number of Topliss-reactive ketones (excluding diaryl/α,β-unsaturated/α-hetero) is 1. The number of hydrogen-bond donors (Lipinski definition) is 0. The van der Waals surface area contributed by atoms with E-state index in [1.807, 2.05) is 11.9 Å². The van der Waals surface area contributed by atoms with Crippen molar-refractivity contribution in [2.45, 2.75) is 71.3 Å². The Morgan fingerprint density at radius 1 is 0.955 bits per heavy atom. The smallest absolute Gasteiger partial charge is 0.222 e. The van der Waals surface area contributed by atoms with Crippen molar-refractivity contribution in [3.05, 3.63) is 0 Å². The van der Waals surface area contributed by atoms with Crippen LogP contribution in [-0.2, 0) is 9.59 Å². The minimum Gasteiger partial charge on any atom is -0.342 e. The van der Waals surface area contributed by atoms with Crippen LogP contribution in [0.25, 0.3) is 0 Å². The van der Waals surface area contributed by atoms with E-state index in [2.05, 4.69) is 13.8 Å². The van der Waals surface area contributed by atoms with Crippen molar-refractivity contribution in [3.63, 3.8) is 0 Å². The fraction of sp³-hybridized carbons (Fsp3) is 0.895. The molecule has 3 aliphatic carbocycles. The molecular formula is C19H29NO2. The minimum absolute atomic E-state index is 0.0270. The predicted octanol–water partition coefficient (Wildman–Crippen LogP) is 3.42. The first-order valence-corrected chi connectivity index (χ1v) is 9.17. The first-order chi connectivity index (χ1) is 10.4. The van der Waals surface area contributed by atoms with E-state index in [0.717, 1.165) is 32.1 Å². The van der Waals surface area contributed by atoms with E-state index in [1.165, 1.54) is 12.8 Å². The van der Waals surface area contributed by atoms with Crippen molar-refractivity contribution in [2.24, 2.45) is 28.6 Å². The van der Waals surface area contributed by atoms with Crippen molar-refractivity contribution in [1.82, 2.24) is 4.90 Å². The number of fused-ring (bicyclic) bond motifs is 5. The van der Waals surface area contributed by atoms with Gasteiger partial charge in [-0.05, 0) is 61.7 Å². The Bertz CT molecular complexity index is 530. The number of piperidine rings is 1. The second-order valence-electron chi connectivity index (χ2n) is 8.90. The summed E-state index contributed by atoms with van der Waals surface area (Å²) in [6.07, 6.45) is 8.33. The minimum atomic E-state index is -0.0270. The zero-order valence-electron chi connectivity index (χ0n) is 14.2. The van der Waals surface area contributed by atoms with Gasteiger partial charge >= 0.3 is 0 Å². The van der Waals surface area contributed by atoms with Crippen molar-refractivity contribution in [2.75, 3.05) is 7.05 Å². The average Bonchev–Trinajstić information content (AvgIpc) is 2.79. The van der Waals surface area contributed by atoms with Gasteiger partial charge in [0.1, 0.15) is 5.78 Å². The molecule has 1 heterocycles. The maximum atomic E-state index is 12.4. The van der Waals surface area contributed by atoms with Gasteiger partial charge in [0.15, 0.2) is 0 Å². The zero-order valence-corrected chi connectivity index (χ0v) is 14.2. The van der Waals surface area contributed by atoms with Gasteiger partial charge in [0.05, 0.1) is 0 Å². The summed E-state index contributed by atoms with van der Waals surface area (Å²) in [5, 5.41) is 0. The summed E-state index contributed by atoms with van der Waals surface area (Å²) in [6, 6.07) is 0.427. The Kier molecular flexibility index (Phi) is 3.06. The molecule has 1 amide bonds.